The van der Waals surface area contributed by atoms with Crippen molar-refractivity contribution in [2.75, 3.05) is 20.7 Å². The maximum Gasteiger partial charge on any atom is 0.330 e. The van der Waals surface area contributed by atoms with Crippen LogP contribution in [0.4, 0.5) is 0 Å². The van der Waals surface area contributed by atoms with Gasteiger partial charge in [0.05, 0.1) is 6.61 Å². The number of nitrogens with zero attached hydrogens (tertiary/aromatic N) is 2. The van der Waals surface area contributed by atoms with Gasteiger partial charge in [0.2, 0.25) is 12.0 Å². The van der Waals surface area contributed by atoms with Crippen LogP contribution in [0.25, 0.3) is 0 Å². The minimum atomic E-state index is -2.03. The number of aromatic nitrogens is 2. The van der Waals surface area contributed by atoms with Crippen molar-refractivity contribution in [1.29, 1.82) is 0 Å². The highest BCUT2D eigenvalue weighted by molar-refractivity contribution is 6.74. The first-order chi connectivity index (χ1) is 12.3. The number of carbonyl (C=O) groups is 1. The molecular formula is C18H29N3O5Si. The molecule has 1 aromatic heterocycles. The molecule has 0 spiro atoms. The first kappa shape index (κ1) is 21.3. The van der Waals surface area contributed by atoms with Crippen LogP contribution in [0.15, 0.2) is 33.6 Å². The molecule has 0 aromatic carbocycles. The van der Waals surface area contributed by atoms with Gasteiger partial charge >= 0.3 is 5.69 Å². The number of hydrogen-bond acceptors (Lipinski definition) is 6. The van der Waals surface area contributed by atoms with Gasteiger partial charge in [-0.15, -0.1) is 0 Å². The third-order valence-electron chi connectivity index (χ3n) is 5.05. The van der Waals surface area contributed by atoms with Crippen molar-refractivity contribution in [3.63, 3.8) is 0 Å². The third kappa shape index (κ3) is 4.66. The van der Waals surface area contributed by atoms with Crippen LogP contribution < -0.4 is 11.2 Å². The smallest absolute Gasteiger partial charge is 0.330 e. The average Bonchev–Trinajstić information content (AvgIpc) is 2.80. The minimum Gasteiger partial charge on any atom is -0.414 e. The normalized spacial score (nSPS) is 22.5. The Morgan fingerprint density at radius 3 is 2.44 bits per heavy atom. The van der Waals surface area contributed by atoms with Gasteiger partial charge in [0.25, 0.3) is 5.56 Å². The lowest BCUT2D eigenvalue weighted by atomic mass is 10.1. The van der Waals surface area contributed by atoms with Crippen LogP contribution >= 0.6 is 0 Å². The summed E-state index contributed by atoms with van der Waals surface area (Å²) in [5.41, 5.74) is -0.763. The van der Waals surface area contributed by atoms with Gasteiger partial charge in [-0.2, -0.15) is 0 Å². The third-order valence-corrected chi connectivity index (χ3v) is 9.55. The fraction of sp³-hybridized carbons (Fsp3) is 0.611. The van der Waals surface area contributed by atoms with Gasteiger partial charge in [0.1, 0.15) is 6.10 Å². The summed E-state index contributed by atoms with van der Waals surface area (Å²) in [6.45, 7) is 10.9. The van der Waals surface area contributed by atoms with Crippen LogP contribution in [0, 0.1) is 0 Å². The zero-order valence-electron chi connectivity index (χ0n) is 17.0. The Kier molecular flexibility index (Phi) is 5.98. The number of carbonyl (C=O) groups excluding carboxylic acids is 1. The van der Waals surface area contributed by atoms with E-state index in [-0.39, 0.29) is 17.4 Å². The standard InChI is InChI=1S/C18H29N3O5Si/c1-18(2,3)27(6,7)25-11-13-12(10-20(4)5)15(23)16(26-13)21-9-8-14(22)19-17(21)24/h8-10,13,16H,11H2,1-7H3,(H,19,22,24)/t13-,16-/m1/s1. The van der Waals surface area contributed by atoms with E-state index < -0.39 is 31.9 Å². The highest BCUT2D eigenvalue weighted by Gasteiger charge is 2.43. The van der Waals surface area contributed by atoms with Gasteiger partial charge in [-0.05, 0) is 18.1 Å². The molecule has 2 heterocycles. The summed E-state index contributed by atoms with van der Waals surface area (Å²) in [5, 5.41) is 0.0241. The first-order valence-electron chi connectivity index (χ1n) is 8.87. The molecule has 150 valence electrons. The second-order valence-electron chi connectivity index (χ2n) is 8.48. The lowest BCUT2D eigenvalue weighted by Crippen LogP contribution is -2.43. The monoisotopic (exact) mass is 395 g/mol. The first-order valence-corrected chi connectivity index (χ1v) is 11.8. The van der Waals surface area contributed by atoms with E-state index in [9.17, 15) is 14.4 Å². The number of Topliss-reactive ketones (excluding diaryl/α,β-unsaturated/α-hetero) is 1. The van der Waals surface area contributed by atoms with Crippen LogP contribution in [0.1, 0.15) is 27.0 Å². The molecule has 0 saturated carbocycles. The lowest BCUT2D eigenvalue weighted by Gasteiger charge is -2.36. The van der Waals surface area contributed by atoms with E-state index in [1.54, 1.807) is 11.1 Å². The molecule has 1 aliphatic heterocycles. The predicted molar refractivity (Wildman–Crippen MR) is 105 cm³/mol. The number of aromatic amines is 1. The molecule has 9 heteroatoms. The Labute approximate surface area is 159 Å². The fourth-order valence-electron chi connectivity index (χ4n) is 2.45. The summed E-state index contributed by atoms with van der Waals surface area (Å²) in [6.07, 6.45) is 1.26. The van der Waals surface area contributed by atoms with Crippen LogP contribution in [0.3, 0.4) is 0 Å². The largest absolute Gasteiger partial charge is 0.414 e. The summed E-state index contributed by atoms with van der Waals surface area (Å²) in [7, 11) is 1.59. The maximum atomic E-state index is 12.9. The highest BCUT2D eigenvalue weighted by atomic mass is 28.4. The number of rotatable bonds is 5. The molecule has 1 fully saturated rings. The molecule has 2 atom stereocenters. The van der Waals surface area contributed by atoms with E-state index in [2.05, 4.69) is 38.8 Å². The quantitative estimate of drug-likeness (QED) is 0.599. The Balaban J connectivity index is 2.32. The molecular weight excluding hydrogens is 366 g/mol. The van der Waals surface area contributed by atoms with Crippen LogP contribution in [0.5, 0.6) is 0 Å². The van der Waals surface area contributed by atoms with E-state index >= 15 is 0 Å². The second kappa shape index (κ2) is 7.57. The van der Waals surface area contributed by atoms with Crippen LogP contribution in [0.2, 0.25) is 18.1 Å². The van der Waals surface area contributed by atoms with Crippen molar-refractivity contribution in [2.45, 2.75) is 51.2 Å². The van der Waals surface area contributed by atoms with Crippen molar-refractivity contribution >= 4 is 14.1 Å². The Bertz CT molecular complexity index is 848. The van der Waals surface area contributed by atoms with Crippen molar-refractivity contribution < 1.29 is 14.0 Å². The van der Waals surface area contributed by atoms with E-state index in [0.717, 1.165) is 4.57 Å². The predicted octanol–water partition coefficient (Wildman–Crippen LogP) is 1.47. The van der Waals surface area contributed by atoms with Gasteiger partial charge in [0.15, 0.2) is 8.32 Å². The SMILES string of the molecule is CN(C)C=C1C(=O)[C@H](n2ccc(=O)[nH]c2=O)O[C@@H]1CO[Si](C)(C)C(C)(C)C. The Hall–Kier alpha value is -1.97. The number of hydrogen-bond donors (Lipinski definition) is 1. The van der Waals surface area contributed by atoms with Crippen LogP contribution in [-0.4, -0.2) is 55.4 Å². The summed E-state index contributed by atoms with van der Waals surface area (Å²) in [6, 6.07) is 1.19. The number of H-pyrrole nitrogens is 1. The topological polar surface area (TPSA) is 93.6 Å². The van der Waals surface area contributed by atoms with Gasteiger partial charge in [-0.3, -0.25) is 19.1 Å². The molecule has 1 N–H and O–H groups in total. The molecule has 1 saturated heterocycles. The molecule has 0 aliphatic carbocycles. The lowest BCUT2D eigenvalue weighted by molar-refractivity contribution is -0.126. The molecule has 2 rings (SSSR count). The maximum absolute atomic E-state index is 12.9. The van der Waals surface area contributed by atoms with E-state index in [0.29, 0.717) is 5.57 Å². The molecule has 0 radical (unpaired) electrons. The Morgan fingerprint density at radius 1 is 1.30 bits per heavy atom. The highest BCUT2D eigenvalue weighted by Crippen LogP contribution is 2.38. The van der Waals surface area contributed by atoms with Gasteiger partial charge in [-0.1, -0.05) is 20.8 Å². The molecule has 0 bridgehead atoms. The van der Waals surface area contributed by atoms with Gasteiger partial charge in [-0.25, -0.2) is 4.79 Å². The summed E-state index contributed by atoms with van der Waals surface area (Å²) in [5.74, 6) is -0.318. The zero-order valence-corrected chi connectivity index (χ0v) is 18.0. The summed E-state index contributed by atoms with van der Waals surface area (Å²) < 4.78 is 13.2. The van der Waals surface area contributed by atoms with Crippen molar-refractivity contribution in [3.8, 4) is 0 Å². The molecule has 8 nitrogen and oxygen atoms in total. The minimum absolute atomic E-state index is 0.0241. The number of ether oxygens (including phenoxy) is 1. The van der Waals surface area contributed by atoms with Crippen molar-refractivity contribution in [1.82, 2.24) is 14.5 Å². The second-order valence-corrected chi connectivity index (χ2v) is 13.3. The molecule has 0 amide bonds. The number of ketones is 1. The molecule has 1 aliphatic rings. The van der Waals surface area contributed by atoms with E-state index in [1.165, 1.54) is 12.3 Å². The summed E-state index contributed by atoms with van der Waals surface area (Å²) in [4.78, 5) is 40.2. The zero-order chi connectivity index (χ0) is 20.6. The van der Waals surface area contributed by atoms with E-state index in [1.807, 2.05) is 14.1 Å². The van der Waals surface area contributed by atoms with Gasteiger partial charge < -0.3 is 14.1 Å². The van der Waals surface area contributed by atoms with Crippen LogP contribution in [-0.2, 0) is 14.0 Å². The fourth-order valence-corrected chi connectivity index (χ4v) is 3.45. The van der Waals surface area contributed by atoms with Crippen molar-refractivity contribution in [2.24, 2.45) is 0 Å². The summed E-state index contributed by atoms with van der Waals surface area (Å²) >= 11 is 0. The molecule has 27 heavy (non-hydrogen) atoms. The molecule has 1 aromatic rings. The average molecular weight is 396 g/mol. The Morgan fingerprint density at radius 2 is 1.93 bits per heavy atom. The number of nitrogens with one attached hydrogen (secondary N) is 1. The van der Waals surface area contributed by atoms with Gasteiger partial charge in [0, 0.05) is 38.1 Å². The van der Waals surface area contributed by atoms with Crippen molar-refractivity contribution in [3.05, 3.63) is 44.9 Å². The van der Waals surface area contributed by atoms with E-state index in [4.69, 9.17) is 9.16 Å². The molecule has 0 unspecified atom stereocenters.